The van der Waals surface area contributed by atoms with Crippen molar-refractivity contribution in [2.24, 2.45) is 0 Å². The minimum absolute atomic E-state index is 0.0581. The molecule has 0 aromatic heterocycles. The van der Waals surface area contributed by atoms with Gasteiger partial charge in [-0.05, 0) is 67.1 Å². The van der Waals surface area contributed by atoms with Crippen LogP contribution in [0.25, 0.3) is 0 Å². The monoisotopic (exact) mass is 519 g/mol. The number of hydrogen-bond acceptors (Lipinski definition) is 6. The second-order valence-electron chi connectivity index (χ2n) is 8.48. The van der Waals surface area contributed by atoms with E-state index in [-0.39, 0.29) is 30.8 Å². The molecule has 10 heteroatoms. The van der Waals surface area contributed by atoms with Crippen LogP contribution in [0.4, 0.5) is 20.6 Å². The zero-order valence-electron chi connectivity index (χ0n) is 20.8. The topological polar surface area (TPSA) is 105 Å². The number of urea groups is 1. The van der Waals surface area contributed by atoms with Gasteiger partial charge in [0.2, 0.25) is 5.91 Å². The van der Waals surface area contributed by atoms with Gasteiger partial charge in [-0.2, -0.15) is 0 Å². The molecule has 0 spiro atoms. The second-order valence-corrected chi connectivity index (χ2v) is 8.48. The molecule has 4 amide bonds. The number of rotatable bonds is 9. The van der Waals surface area contributed by atoms with Crippen LogP contribution >= 0.6 is 0 Å². The quantitative estimate of drug-likeness (QED) is 0.332. The molecule has 0 aliphatic carbocycles. The summed E-state index contributed by atoms with van der Waals surface area (Å²) in [5.41, 5.74) is 1.53. The molecular formula is C28H26FN3O6. The number of halogens is 1. The molecule has 3 aromatic carbocycles. The van der Waals surface area contributed by atoms with E-state index in [1.54, 1.807) is 49.4 Å². The van der Waals surface area contributed by atoms with Gasteiger partial charge in [-0.1, -0.05) is 18.2 Å². The van der Waals surface area contributed by atoms with Gasteiger partial charge in [0.15, 0.2) is 0 Å². The Labute approximate surface area is 218 Å². The molecule has 0 saturated carbocycles. The van der Waals surface area contributed by atoms with E-state index in [9.17, 15) is 23.6 Å². The normalized spacial score (nSPS) is 15.0. The van der Waals surface area contributed by atoms with Gasteiger partial charge in [0.1, 0.15) is 17.6 Å². The summed E-state index contributed by atoms with van der Waals surface area (Å²) in [5.74, 6) is -1.54. The highest BCUT2D eigenvalue weighted by molar-refractivity contribution is 6.22. The largest absolute Gasteiger partial charge is 0.497 e. The number of anilines is 2. The Morgan fingerprint density at radius 3 is 2.37 bits per heavy atom. The highest BCUT2D eigenvalue weighted by Crippen LogP contribution is 2.29. The van der Waals surface area contributed by atoms with Crippen LogP contribution in [0.5, 0.6) is 5.75 Å². The predicted molar refractivity (Wildman–Crippen MR) is 137 cm³/mol. The highest BCUT2D eigenvalue weighted by Gasteiger charge is 2.46. The van der Waals surface area contributed by atoms with Crippen molar-refractivity contribution in [2.45, 2.75) is 25.9 Å². The maximum atomic E-state index is 13.5. The van der Waals surface area contributed by atoms with Crippen LogP contribution in [0.1, 0.15) is 29.3 Å². The van der Waals surface area contributed by atoms with Crippen molar-refractivity contribution in [1.29, 1.82) is 0 Å². The zero-order chi connectivity index (χ0) is 27.2. The second kappa shape index (κ2) is 11.5. The lowest BCUT2D eigenvalue weighted by atomic mass is 10.1. The Kier molecular flexibility index (Phi) is 8.00. The molecule has 0 bridgehead atoms. The van der Waals surface area contributed by atoms with Crippen LogP contribution in [0.15, 0.2) is 72.8 Å². The Morgan fingerprint density at radius 1 is 1.00 bits per heavy atom. The molecule has 3 aromatic rings. The molecule has 1 aliphatic rings. The summed E-state index contributed by atoms with van der Waals surface area (Å²) in [4.78, 5) is 54.1. The average molecular weight is 520 g/mol. The minimum atomic E-state index is -1.11. The lowest BCUT2D eigenvalue weighted by molar-refractivity contribution is -0.124. The summed E-state index contributed by atoms with van der Waals surface area (Å²) in [7, 11) is 1.54. The molecule has 1 heterocycles. The third-order valence-electron chi connectivity index (χ3n) is 5.95. The smallest absolute Gasteiger partial charge is 0.338 e. The predicted octanol–water partition coefficient (Wildman–Crippen LogP) is 4.38. The number of carbonyl (C=O) groups excluding carboxylic acids is 4. The molecule has 1 aliphatic heterocycles. The molecule has 0 radical (unpaired) electrons. The summed E-state index contributed by atoms with van der Waals surface area (Å²) >= 11 is 0. The van der Waals surface area contributed by atoms with Gasteiger partial charge in [-0.3, -0.25) is 9.59 Å². The van der Waals surface area contributed by atoms with Crippen LogP contribution in [0.3, 0.4) is 0 Å². The molecule has 38 heavy (non-hydrogen) atoms. The van der Waals surface area contributed by atoms with E-state index < -0.39 is 35.7 Å². The van der Waals surface area contributed by atoms with Gasteiger partial charge in [-0.15, -0.1) is 0 Å². The highest BCUT2D eigenvalue weighted by atomic mass is 19.1. The number of nitrogens with one attached hydrogen (secondary N) is 1. The summed E-state index contributed by atoms with van der Waals surface area (Å²) in [6.07, 6.45) is -0.331. The number of methoxy groups -OCH3 is 1. The van der Waals surface area contributed by atoms with Crippen LogP contribution in [0, 0.1) is 5.82 Å². The van der Waals surface area contributed by atoms with Crippen LogP contribution in [-0.4, -0.2) is 48.5 Å². The first-order chi connectivity index (χ1) is 18.3. The van der Waals surface area contributed by atoms with Crippen molar-refractivity contribution in [2.75, 3.05) is 23.9 Å². The minimum Gasteiger partial charge on any atom is -0.497 e. The Hall–Kier alpha value is -4.73. The molecule has 1 saturated heterocycles. The first kappa shape index (κ1) is 26.3. The summed E-state index contributed by atoms with van der Waals surface area (Å²) in [6, 6.07) is 16.4. The van der Waals surface area contributed by atoms with E-state index >= 15 is 0 Å². The van der Waals surface area contributed by atoms with Crippen molar-refractivity contribution in [3.05, 3.63) is 89.7 Å². The van der Waals surface area contributed by atoms with Crippen LogP contribution in [0.2, 0.25) is 0 Å². The van der Waals surface area contributed by atoms with Crippen molar-refractivity contribution in [1.82, 2.24) is 4.90 Å². The summed E-state index contributed by atoms with van der Waals surface area (Å²) < 4.78 is 23.6. The molecule has 1 atom stereocenters. The number of amides is 4. The van der Waals surface area contributed by atoms with Gasteiger partial charge < -0.3 is 19.7 Å². The summed E-state index contributed by atoms with van der Waals surface area (Å²) in [6.45, 7) is 1.96. The van der Waals surface area contributed by atoms with Crippen molar-refractivity contribution in [3.63, 3.8) is 0 Å². The molecule has 1 N–H and O–H groups in total. The third kappa shape index (κ3) is 5.80. The molecular weight excluding hydrogens is 493 g/mol. The zero-order valence-corrected chi connectivity index (χ0v) is 20.8. The van der Waals surface area contributed by atoms with Gasteiger partial charge in [0.25, 0.3) is 5.91 Å². The number of nitrogens with zero attached hydrogens (tertiary/aromatic N) is 2. The Balaban J connectivity index is 1.57. The fraction of sp³-hybridized carbons (Fsp3) is 0.214. The molecule has 9 nitrogen and oxygen atoms in total. The van der Waals surface area contributed by atoms with Gasteiger partial charge in [-0.25, -0.2) is 18.9 Å². The van der Waals surface area contributed by atoms with Crippen molar-refractivity contribution < 1.29 is 33.0 Å². The first-order valence-corrected chi connectivity index (χ1v) is 11.9. The van der Waals surface area contributed by atoms with Gasteiger partial charge in [0.05, 0.1) is 31.4 Å². The maximum Gasteiger partial charge on any atom is 0.338 e. The SMILES string of the molecule is CCOC(=O)c1cccc(NC(=O)C[C@@H]2C(=O)N(c3ccc(F)cc3)C(=O)N2Cc2ccc(OC)cc2)c1. The van der Waals surface area contributed by atoms with Gasteiger partial charge >= 0.3 is 12.0 Å². The van der Waals surface area contributed by atoms with E-state index in [0.29, 0.717) is 11.4 Å². The number of ether oxygens (including phenoxy) is 2. The average Bonchev–Trinajstić information content (AvgIpc) is 3.13. The number of carbonyl (C=O) groups is 4. The Morgan fingerprint density at radius 2 is 1.71 bits per heavy atom. The molecule has 1 fully saturated rings. The maximum absolute atomic E-state index is 13.5. The third-order valence-corrected chi connectivity index (χ3v) is 5.95. The van der Waals surface area contributed by atoms with Crippen molar-refractivity contribution in [3.8, 4) is 5.75 Å². The van der Waals surface area contributed by atoms with Gasteiger partial charge in [0, 0.05) is 12.2 Å². The van der Waals surface area contributed by atoms with E-state index in [0.717, 1.165) is 22.6 Å². The fourth-order valence-corrected chi connectivity index (χ4v) is 4.10. The van der Waals surface area contributed by atoms with E-state index in [4.69, 9.17) is 9.47 Å². The number of imide groups is 1. The first-order valence-electron chi connectivity index (χ1n) is 11.9. The fourth-order valence-electron chi connectivity index (χ4n) is 4.10. The number of hydrogen-bond donors (Lipinski definition) is 1. The van der Waals surface area contributed by atoms with E-state index in [2.05, 4.69) is 5.32 Å². The number of benzene rings is 3. The van der Waals surface area contributed by atoms with Crippen LogP contribution < -0.4 is 15.0 Å². The molecule has 196 valence electrons. The summed E-state index contributed by atoms with van der Waals surface area (Å²) in [5, 5.41) is 2.68. The molecule has 4 rings (SSSR count). The lowest BCUT2D eigenvalue weighted by Crippen LogP contribution is -2.37. The number of esters is 1. The lowest BCUT2D eigenvalue weighted by Gasteiger charge is -2.22. The van der Waals surface area contributed by atoms with Crippen molar-refractivity contribution >= 4 is 35.2 Å². The van der Waals surface area contributed by atoms with E-state index in [1.165, 1.54) is 30.2 Å². The van der Waals surface area contributed by atoms with E-state index in [1.807, 2.05) is 0 Å². The standard InChI is InChI=1S/C28H26FN3O6/c1-3-38-27(35)19-5-4-6-21(15-19)30-25(33)16-24-26(34)32(22-11-9-20(29)10-12-22)28(36)31(24)17-18-7-13-23(37-2)14-8-18/h4-15,24H,3,16-17H2,1-2H3,(H,30,33)/t24-/m1/s1. The van der Waals surface area contributed by atoms with Crippen LogP contribution in [-0.2, 0) is 20.9 Å². The Bertz CT molecular complexity index is 1340. The molecule has 0 unspecified atom stereocenters.